The van der Waals surface area contributed by atoms with E-state index in [4.69, 9.17) is 5.73 Å². The van der Waals surface area contributed by atoms with E-state index in [9.17, 15) is 32.3 Å². The molecule has 0 bridgehead atoms. The summed E-state index contributed by atoms with van der Waals surface area (Å²) in [6.45, 7) is 0.940. The normalized spacial score (nSPS) is 21.0. The Morgan fingerprint density at radius 3 is 2.55 bits per heavy atom. The second-order valence-electron chi connectivity index (χ2n) is 9.68. The monoisotopic (exact) mass is 538 g/mol. The third kappa shape index (κ3) is 4.22. The zero-order chi connectivity index (χ0) is 27.6. The number of hydrogen-bond donors (Lipinski definition) is 3. The number of fused-ring (bicyclic) bond motifs is 1. The summed E-state index contributed by atoms with van der Waals surface area (Å²) in [5.41, 5.74) is 1.76. The van der Waals surface area contributed by atoms with Crippen molar-refractivity contribution >= 4 is 23.1 Å². The third-order valence-corrected chi connectivity index (χ3v) is 7.15. The van der Waals surface area contributed by atoms with Crippen LogP contribution in [0.4, 0.5) is 27.8 Å². The number of likely N-dealkylation sites (tertiary alicyclic amines) is 1. The van der Waals surface area contributed by atoms with Gasteiger partial charge in [0.25, 0.3) is 11.8 Å². The second-order valence-corrected chi connectivity index (χ2v) is 9.68. The summed E-state index contributed by atoms with van der Waals surface area (Å²) in [5.74, 6) is -2.78. The maximum absolute atomic E-state index is 15.0. The summed E-state index contributed by atoms with van der Waals surface area (Å²) in [7, 11) is 0. The van der Waals surface area contributed by atoms with Gasteiger partial charge in [0.1, 0.15) is 29.4 Å². The first-order valence-corrected chi connectivity index (χ1v) is 11.8. The minimum atomic E-state index is -4.85. The summed E-state index contributed by atoms with van der Waals surface area (Å²) >= 11 is 0. The molecule has 1 aromatic carbocycles. The molecule has 9 nitrogen and oxygen atoms in total. The quantitative estimate of drug-likeness (QED) is 0.439. The molecule has 14 heteroatoms. The van der Waals surface area contributed by atoms with Crippen LogP contribution in [0.3, 0.4) is 0 Å². The molecule has 2 aliphatic rings. The summed E-state index contributed by atoms with van der Waals surface area (Å²) in [4.78, 5) is 30.4. The number of nitrogens with one attached hydrogen (secondary N) is 1. The Labute approximate surface area is 212 Å². The van der Waals surface area contributed by atoms with Crippen LogP contribution in [0.1, 0.15) is 40.7 Å². The number of aromatic nitrogens is 3. The van der Waals surface area contributed by atoms with Crippen LogP contribution in [0.25, 0.3) is 16.8 Å². The first-order chi connectivity index (χ1) is 17.8. The highest BCUT2D eigenvalue weighted by Gasteiger charge is 2.48. The first-order valence-electron chi connectivity index (χ1n) is 11.8. The highest BCUT2D eigenvalue weighted by atomic mass is 19.4. The molecule has 0 radical (unpaired) electrons. The van der Waals surface area contributed by atoms with Gasteiger partial charge in [-0.3, -0.25) is 9.59 Å². The fourth-order valence-corrected chi connectivity index (χ4v) is 4.92. The molecule has 0 spiro atoms. The van der Waals surface area contributed by atoms with E-state index in [1.165, 1.54) is 6.92 Å². The Kier molecular flexibility index (Phi) is 6.04. The Hall–Kier alpha value is -3.81. The molecule has 2 aromatic heterocycles. The van der Waals surface area contributed by atoms with Gasteiger partial charge in [0.05, 0.1) is 23.8 Å². The van der Waals surface area contributed by atoms with Gasteiger partial charge in [0, 0.05) is 17.7 Å². The SMILES string of the molecule is Cc1cc(F)c(-c2cc(C(F)(F)F)c3c(N)ncnn23)cc1C(=O)N[C@@H]1CN(C(=O)C2(O)CCC2)C[C@@H]1F. The van der Waals surface area contributed by atoms with Gasteiger partial charge in [0.2, 0.25) is 0 Å². The van der Waals surface area contributed by atoms with Crippen molar-refractivity contribution in [3.8, 4) is 11.3 Å². The molecule has 202 valence electrons. The topological polar surface area (TPSA) is 126 Å². The number of carbonyl (C=O) groups excluding carboxylic acids is 2. The van der Waals surface area contributed by atoms with Gasteiger partial charge in [-0.15, -0.1) is 0 Å². The van der Waals surface area contributed by atoms with Crippen molar-refractivity contribution in [3.63, 3.8) is 0 Å². The molecule has 1 aliphatic heterocycles. The van der Waals surface area contributed by atoms with Crippen molar-refractivity contribution in [3.05, 3.63) is 47.0 Å². The number of benzene rings is 1. The van der Waals surface area contributed by atoms with E-state index in [0.29, 0.717) is 12.5 Å². The summed E-state index contributed by atoms with van der Waals surface area (Å²) in [6, 6.07) is 1.61. The zero-order valence-electron chi connectivity index (χ0n) is 20.0. The molecule has 4 N–H and O–H groups in total. The van der Waals surface area contributed by atoms with E-state index in [1.54, 1.807) is 0 Å². The number of aliphatic hydroxyl groups is 1. The van der Waals surface area contributed by atoms with Crippen LogP contribution in [0.15, 0.2) is 24.5 Å². The molecule has 1 saturated heterocycles. The maximum atomic E-state index is 15.0. The lowest BCUT2D eigenvalue weighted by Crippen LogP contribution is -2.53. The minimum Gasteiger partial charge on any atom is -0.382 e. The minimum absolute atomic E-state index is 0.110. The number of aryl methyl sites for hydroxylation is 1. The summed E-state index contributed by atoms with van der Waals surface area (Å²) in [5, 5.41) is 16.6. The number of rotatable bonds is 4. The number of halogens is 5. The molecule has 1 saturated carbocycles. The number of nitrogen functional groups attached to an aromatic ring is 1. The Bertz CT molecular complexity index is 1450. The van der Waals surface area contributed by atoms with E-state index in [0.717, 1.165) is 27.9 Å². The number of anilines is 1. The molecule has 3 heterocycles. The van der Waals surface area contributed by atoms with Crippen molar-refractivity contribution in [2.24, 2.45) is 0 Å². The lowest BCUT2D eigenvalue weighted by atomic mass is 9.79. The highest BCUT2D eigenvalue weighted by molar-refractivity contribution is 5.97. The van der Waals surface area contributed by atoms with Gasteiger partial charge in [-0.1, -0.05) is 0 Å². The lowest BCUT2D eigenvalue weighted by molar-refractivity contribution is -0.159. The number of amides is 2. The predicted molar refractivity (Wildman–Crippen MR) is 124 cm³/mol. The van der Waals surface area contributed by atoms with Crippen molar-refractivity contribution in [2.75, 3.05) is 18.8 Å². The van der Waals surface area contributed by atoms with E-state index in [2.05, 4.69) is 15.4 Å². The molecular weight excluding hydrogens is 515 g/mol. The number of carbonyl (C=O) groups is 2. The van der Waals surface area contributed by atoms with Gasteiger partial charge in [-0.25, -0.2) is 18.3 Å². The van der Waals surface area contributed by atoms with Gasteiger partial charge in [-0.05, 0) is 49.9 Å². The van der Waals surface area contributed by atoms with Gasteiger partial charge in [-0.2, -0.15) is 18.3 Å². The van der Waals surface area contributed by atoms with Crippen molar-refractivity contribution in [1.29, 1.82) is 0 Å². The highest BCUT2D eigenvalue weighted by Crippen LogP contribution is 2.39. The fraction of sp³-hybridized carbons (Fsp3) is 0.417. The standard InChI is InChI=1S/C24H23F5N6O3/c1-11-5-15(25)13(18-7-14(24(27,28)29)19-20(30)31-10-32-35(18)19)6-12(11)21(36)33-17-9-34(8-16(17)26)22(37)23(38)3-2-4-23/h5-7,10,16-17,38H,2-4,8-9H2,1H3,(H,33,36)(H2,30,31,32)/t16-,17+/m0/s1. The molecule has 2 fully saturated rings. The van der Waals surface area contributed by atoms with Crippen LogP contribution >= 0.6 is 0 Å². The van der Waals surface area contributed by atoms with Crippen LogP contribution in [-0.2, 0) is 11.0 Å². The van der Waals surface area contributed by atoms with Crippen LogP contribution in [0.5, 0.6) is 0 Å². The van der Waals surface area contributed by atoms with E-state index < -0.39 is 58.5 Å². The van der Waals surface area contributed by atoms with Crippen LogP contribution in [-0.4, -0.2) is 67.3 Å². The Morgan fingerprint density at radius 1 is 1.21 bits per heavy atom. The fourth-order valence-electron chi connectivity index (χ4n) is 4.92. The Balaban J connectivity index is 1.46. The van der Waals surface area contributed by atoms with Gasteiger partial charge < -0.3 is 21.1 Å². The Morgan fingerprint density at radius 2 is 1.92 bits per heavy atom. The second kappa shape index (κ2) is 8.89. The molecule has 2 amide bonds. The van der Waals surface area contributed by atoms with Crippen molar-refractivity contribution < 1.29 is 36.6 Å². The molecule has 2 atom stereocenters. The smallest absolute Gasteiger partial charge is 0.382 e. The molecule has 1 aliphatic carbocycles. The zero-order valence-corrected chi connectivity index (χ0v) is 20.0. The van der Waals surface area contributed by atoms with Gasteiger partial charge in [0.15, 0.2) is 5.82 Å². The summed E-state index contributed by atoms with van der Waals surface area (Å²) in [6.07, 6.45) is -4.29. The molecule has 3 aromatic rings. The number of hydrogen-bond acceptors (Lipinski definition) is 6. The van der Waals surface area contributed by atoms with Crippen LogP contribution in [0.2, 0.25) is 0 Å². The van der Waals surface area contributed by atoms with Crippen LogP contribution < -0.4 is 11.1 Å². The largest absolute Gasteiger partial charge is 0.418 e. The number of alkyl halides is 4. The first kappa shape index (κ1) is 25.8. The van der Waals surface area contributed by atoms with Crippen LogP contribution in [0, 0.1) is 12.7 Å². The average molecular weight is 538 g/mol. The van der Waals surface area contributed by atoms with E-state index >= 15 is 4.39 Å². The third-order valence-electron chi connectivity index (χ3n) is 7.15. The lowest BCUT2D eigenvalue weighted by Gasteiger charge is -2.37. The maximum Gasteiger partial charge on any atom is 0.418 e. The summed E-state index contributed by atoms with van der Waals surface area (Å²) < 4.78 is 71.6. The number of nitrogens with two attached hydrogens (primary N) is 1. The van der Waals surface area contributed by atoms with E-state index in [1.807, 2.05) is 0 Å². The predicted octanol–water partition coefficient (Wildman–Crippen LogP) is 2.64. The molecular formula is C24H23F5N6O3. The van der Waals surface area contributed by atoms with E-state index in [-0.39, 0.29) is 48.3 Å². The van der Waals surface area contributed by atoms with Gasteiger partial charge >= 0.3 is 6.18 Å². The molecule has 38 heavy (non-hydrogen) atoms. The molecule has 5 rings (SSSR count). The van der Waals surface area contributed by atoms with Crippen molar-refractivity contribution in [2.45, 2.75) is 50.2 Å². The number of nitrogens with zero attached hydrogens (tertiary/aromatic N) is 4. The molecule has 0 unspecified atom stereocenters. The average Bonchev–Trinajstić information content (AvgIpc) is 3.39. The van der Waals surface area contributed by atoms with Crippen molar-refractivity contribution in [1.82, 2.24) is 24.8 Å².